The van der Waals surface area contributed by atoms with E-state index in [0.29, 0.717) is 6.42 Å². The van der Waals surface area contributed by atoms with Crippen LogP contribution in [0.5, 0.6) is 0 Å². The quantitative estimate of drug-likeness (QED) is 0.0199. The molecule has 95 heavy (non-hydrogen) atoms. The van der Waals surface area contributed by atoms with Crippen LogP contribution in [0.15, 0.2) is 122 Å². The number of hydrogen-bond donors (Lipinski definition) is 12. The van der Waals surface area contributed by atoms with Gasteiger partial charge in [0.2, 0.25) is 5.91 Å². The van der Waals surface area contributed by atoms with Crippen molar-refractivity contribution in [2.75, 3.05) is 26.4 Å². The van der Waals surface area contributed by atoms with Crippen LogP contribution in [0.3, 0.4) is 0 Å². The summed E-state index contributed by atoms with van der Waals surface area (Å²) in [4.78, 5) is 13.4. The van der Waals surface area contributed by atoms with Gasteiger partial charge in [0.25, 0.3) is 0 Å². The van der Waals surface area contributed by atoms with Crippen LogP contribution >= 0.6 is 0 Å². The van der Waals surface area contributed by atoms with Crippen molar-refractivity contribution in [3.05, 3.63) is 122 Å². The maximum absolute atomic E-state index is 13.4. The number of ether oxygens (including phenoxy) is 6. The second-order valence-electron chi connectivity index (χ2n) is 25.3. The Morgan fingerprint density at radius 2 is 0.726 bits per heavy atom. The molecule has 17 unspecified atom stereocenters. The minimum atomic E-state index is -1.98. The van der Waals surface area contributed by atoms with Crippen molar-refractivity contribution in [3.8, 4) is 0 Å². The summed E-state index contributed by atoms with van der Waals surface area (Å²) in [7, 11) is 0. The fraction of sp³-hybridized carbons (Fsp3) is 0.724. The van der Waals surface area contributed by atoms with E-state index >= 15 is 0 Å². The minimum Gasteiger partial charge on any atom is -0.394 e. The highest BCUT2D eigenvalue weighted by Gasteiger charge is 2.53. The molecular weight excluding hydrogens is 1210 g/mol. The maximum Gasteiger partial charge on any atom is 0.220 e. The first-order valence-electron chi connectivity index (χ1n) is 36.3. The van der Waals surface area contributed by atoms with Gasteiger partial charge in [-0.25, -0.2) is 0 Å². The molecule has 0 radical (unpaired) electrons. The average Bonchev–Trinajstić information content (AvgIpc) is 0.791. The highest BCUT2D eigenvalue weighted by molar-refractivity contribution is 5.76. The van der Waals surface area contributed by atoms with Crippen LogP contribution in [0.25, 0.3) is 0 Å². The van der Waals surface area contributed by atoms with Crippen LogP contribution in [0, 0.1) is 0 Å². The molecule has 0 aromatic rings. The molecule has 3 fully saturated rings. The van der Waals surface area contributed by atoms with Crippen molar-refractivity contribution >= 4 is 5.91 Å². The zero-order valence-electron chi connectivity index (χ0n) is 57.6. The van der Waals surface area contributed by atoms with Gasteiger partial charge >= 0.3 is 0 Å². The summed E-state index contributed by atoms with van der Waals surface area (Å²) in [6.07, 6.45) is 50.4. The van der Waals surface area contributed by atoms with Gasteiger partial charge in [-0.1, -0.05) is 245 Å². The summed E-state index contributed by atoms with van der Waals surface area (Å²) in [6, 6.07) is -0.984. The smallest absolute Gasteiger partial charge is 0.220 e. The highest BCUT2D eigenvalue weighted by Crippen LogP contribution is 2.33. The molecule has 0 aromatic carbocycles. The Morgan fingerprint density at radius 1 is 0.389 bits per heavy atom. The third-order valence-corrected chi connectivity index (χ3v) is 17.3. The third-order valence-electron chi connectivity index (χ3n) is 17.3. The lowest BCUT2D eigenvalue weighted by atomic mass is 9.96. The topological polar surface area (TPSA) is 307 Å². The number of hydrogen-bond acceptors (Lipinski definition) is 18. The van der Waals surface area contributed by atoms with Crippen LogP contribution in [0.1, 0.15) is 219 Å². The van der Waals surface area contributed by atoms with Crippen LogP contribution in [-0.2, 0) is 33.2 Å². The first-order valence-corrected chi connectivity index (χ1v) is 36.3. The van der Waals surface area contributed by atoms with Crippen LogP contribution in [0.2, 0.25) is 0 Å². The van der Waals surface area contributed by atoms with Crippen molar-refractivity contribution in [1.29, 1.82) is 0 Å². The number of rotatable bonds is 54. The zero-order valence-corrected chi connectivity index (χ0v) is 57.6. The molecular formula is C76H127NO18. The zero-order chi connectivity index (χ0) is 68.9. The van der Waals surface area contributed by atoms with Crippen molar-refractivity contribution in [3.63, 3.8) is 0 Å². The van der Waals surface area contributed by atoms with E-state index in [1.54, 1.807) is 6.08 Å². The number of carbonyl (C=O) groups excluding carboxylic acids is 1. The summed E-state index contributed by atoms with van der Waals surface area (Å²) in [5, 5.41) is 120. The van der Waals surface area contributed by atoms with Gasteiger partial charge in [0.05, 0.1) is 38.6 Å². The van der Waals surface area contributed by atoms with Crippen molar-refractivity contribution in [1.82, 2.24) is 5.32 Å². The maximum atomic E-state index is 13.4. The Morgan fingerprint density at radius 3 is 1.14 bits per heavy atom. The monoisotopic (exact) mass is 1340 g/mol. The van der Waals surface area contributed by atoms with E-state index in [4.69, 9.17) is 28.4 Å². The van der Waals surface area contributed by atoms with Gasteiger partial charge in [0, 0.05) is 6.42 Å². The molecule has 544 valence electrons. The van der Waals surface area contributed by atoms with Gasteiger partial charge in [-0.15, -0.1) is 0 Å². The van der Waals surface area contributed by atoms with E-state index in [1.165, 1.54) is 77.0 Å². The SMILES string of the molecule is CC/C=C\C/C=C\C/C=C\C/C=C\C/C=C\C/C=C\C/C=C\C/C=C\C/C=C\CCCCCCCCCCCC(=O)NC(COC1OC(CO)C(OC2OC(CO)C(OC3OC(CO)C(O)C(O)C3O)C(O)C2O)C(O)C1O)C(O)/C=C/CCCCCCCCCCCCC. The number of nitrogens with one attached hydrogen (secondary N) is 1. The predicted molar refractivity (Wildman–Crippen MR) is 373 cm³/mol. The summed E-state index contributed by atoms with van der Waals surface area (Å²) in [5.74, 6) is -0.288. The summed E-state index contributed by atoms with van der Waals surface area (Å²) in [6.45, 7) is 1.59. The number of amides is 1. The Hall–Kier alpha value is -3.81. The van der Waals surface area contributed by atoms with E-state index in [9.17, 15) is 61.0 Å². The largest absolute Gasteiger partial charge is 0.394 e. The van der Waals surface area contributed by atoms with Crippen LogP contribution in [0.4, 0.5) is 0 Å². The molecule has 0 saturated carbocycles. The van der Waals surface area contributed by atoms with Crippen molar-refractivity contribution in [2.24, 2.45) is 0 Å². The molecule has 19 heteroatoms. The molecule has 12 N–H and O–H groups in total. The van der Waals surface area contributed by atoms with Gasteiger partial charge in [-0.2, -0.15) is 0 Å². The van der Waals surface area contributed by atoms with Crippen molar-refractivity contribution in [2.45, 2.75) is 324 Å². The summed E-state index contributed by atoms with van der Waals surface area (Å²) >= 11 is 0. The van der Waals surface area contributed by atoms with Crippen molar-refractivity contribution < 1.29 is 89.4 Å². The standard InChI is InChI=1S/C76H127NO18/c1-3-5-7-9-11-13-15-17-18-19-20-21-22-23-24-25-26-27-28-29-30-31-32-33-34-35-36-37-38-39-40-42-44-46-48-50-52-54-64(82)77-59(60(81)53-51-49-47-45-43-41-16-14-12-10-8-6-4-2)58-90-74-70(88)67(85)72(62(56-79)92-74)95-76-71(89)68(86)73(63(57-80)93-76)94-75-69(87)66(84)65(83)61(55-78)91-75/h5,7,11,13,17-18,20-21,23-24,26-27,29-30,32-33,35-36,51,53,59-63,65-76,78-81,83-89H,3-4,6,8-10,12,14-16,19,22,25,28,31,34,37-50,52,54-58H2,1-2H3,(H,77,82)/b7-5-,13-11-,18-17-,21-20-,24-23-,27-26-,30-29-,33-32-,36-35-,53-51+. The number of aliphatic hydroxyl groups is 11. The van der Waals surface area contributed by atoms with Gasteiger partial charge < -0.3 is 89.9 Å². The minimum absolute atomic E-state index is 0.228. The lowest BCUT2D eigenvalue weighted by molar-refractivity contribution is -0.379. The van der Waals surface area contributed by atoms with E-state index in [-0.39, 0.29) is 18.9 Å². The van der Waals surface area contributed by atoms with Crippen LogP contribution < -0.4 is 5.32 Å². The fourth-order valence-corrected chi connectivity index (χ4v) is 11.4. The molecule has 3 rings (SSSR count). The van der Waals surface area contributed by atoms with Crippen LogP contribution in [-0.4, -0.2) is 193 Å². The third kappa shape index (κ3) is 37.3. The van der Waals surface area contributed by atoms with Gasteiger partial charge in [0.1, 0.15) is 73.2 Å². The lowest BCUT2D eigenvalue weighted by Gasteiger charge is -2.48. The average molecular weight is 1340 g/mol. The number of aliphatic hydroxyl groups excluding tert-OH is 11. The molecule has 0 spiro atoms. The molecule has 0 aromatic heterocycles. The number of allylic oxidation sites excluding steroid dienone is 19. The van der Waals surface area contributed by atoms with Gasteiger partial charge in [-0.3, -0.25) is 4.79 Å². The van der Waals surface area contributed by atoms with Gasteiger partial charge in [-0.05, 0) is 89.9 Å². The predicted octanol–water partition coefficient (Wildman–Crippen LogP) is 10.4. The van der Waals surface area contributed by atoms with E-state index in [2.05, 4.69) is 129 Å². The van der Waals surface area contributed by atoms with E-state index in [0.717, 1.165) is 116 Å². The molecule has 17 atom stereocenters. The molecule has 1 amide bonds. The number of carbonyl (C=O) groups is 1. The first kappa shape index (κ1) is 85.4. The van der Waals surface area contributed by atoms with E-state index in [1.807, 2.05) is 6.08 Å². The Labute approximate surface area is 569 Å². The molecule has 3 aliphatic rings. The molecule has 19 nitrogen and oxygen atoms in total. The highest BCUT2D eigenvalue weighted by atomic mass is 16.8. The normalized spacial score (nSPS) is 27.9. The van der Waals surface area contributed by atoms with E-state index < -0.39 is 124 Å². The Balaban J connectivity index is 1.35. The summed E-state index contributed by atoms with van der Waals surface area (Å²) in [5.41, 5.74) is 0. The molecule has 3 aliphatic heterocycles. The summed E-state index contributed by atoms with van der Waals surface area (Å²) < 4.78 is 34.3. The second-order valence-corrected chi connectivity index (χ2v) is 25.3. The lowest BCUT2D eigenvalue weighted by Crippen LogP contribution is -2.66. The Bertz CT molecular complexity index is 2190. The fourth-order valence-electron chi connectivity index (χ4n) is 11.4. The molecule has 3 saturated heterocycles. The molecule has 0 aliphatic carbocycles. The molecule has 3 heterocycles. The van der Waals surface area contributed by atoms with Gasteiger partial charge in [0.15, 0.2) is 18.9 Å². The first-order chi connectivity index (χ1) is 46.3. The number of unbranched alkanes of at least 4 members (excludes halogenated alkanes) is 20. The second kappa shape index (κ2) is 56.0. The Kier molecular flexibility index (Phi) is 50.3. The molecule has 0 bridgehead atoms.